The van der Waals surface area contributed by atoms with E-state index in [0.29, 0.717) is 31.5 Å². The van der Waals surface area contributed by atoms with Gasteiger partial charge in [-0.3, -0.25) is 0 Å². The Bertz CT molecular complexity index is 3280. The zero-order chi connectivity index (χ0) is 57.0. The number of hydrogen-bond donors (Lipinski definition) is 0. The van der Waals surface area contributed by atoms with Crippen LogP contribution in [0, 0.1) is 17.7 Å². The third-order valence-electron chi connectivity index (χ3n) is 15.1. The number of para-hydroxylation sites is 1. The lowest BCUT2D eigenvalue weighted by molar-refractivity contribution is 0.236. The summed E-state index contributed by atoms with van der Waals surface area (Å²) in [4.78, 5) is 4.44. The van der Waals surface area contributed by atoms with Gasteiger partial charge in [-0.05, 0) is 157 Å². The predicted molar refractivity (Wildman–Crippen MR) is 340 cm³/mol. The van der Waals surface area contributed by atoms with Gasteiger partial charge in [-0.2, -0.15) is 0 Å². The minimum absolute atomic E-state index is 0.280. The predicted octanol–water partition coefficient (Wildman–Crippen LogP) is 22.6. The minimum atomic E-state index is -0.310. The van der Waals surface area contributed by atoms with Gasteiger partial charge < -0.3 is 19.3 Å². The van der Waals surface area contributed by atoms with Crippen LogP contribution in [0.1, 0.15) is 132 Å². The van der Waals surface area contributed by atoms with Crippen LogP contribution in [0.25, 0.3) is 37.9 Å². The number of anilines is 4. The van der Waals surface area contributed by atoms with E-state index in [0.717, 1.165) is 127 Å². The normalized spacial score (nSPS) is 18.7. The summed E-state index contributed by atoms with van der Waals surface area (Å²) in [5, 5.41) is 6.44. The first-order valence-electron chi connectivity index (χ1n) is 29.0. The fourth-order valence-corrected chi connectivity index (χ4v) is 11.4. The quantitative estimate of drug-likeness (QED) is 0.0581. The van der Waals surface area contributed by atoms with Crippen LogP contribution in [0.3, 0.4) is 0 Å². The molecule has 0 amide bonds. The van der Waals surface area contributed by atoms with E-state index in [1.54, 1.807) is 0 Å². The zero-order valence-corrected chi connectivity index (χ0v) is 48.9. The Balaban J connectivity index is 0.00000162. The first kappa shape index (κ1) is 60.8. The molecule has 0 bridgehead atoms. The molecule has 4 nitrogen and oxygen atoms in total. The number of rotatable bonds is 15. The molecule has 414 valence electrons. The first-order chi connectivity index (χ1) is 38.6. The third-order valence-corrected chi connectivity index (χ3v) is 15.1. The molecule has 0 saturated heterocycles. The number of ether oxygens (including phenoxy) is 2. The third kappa shape index (κ3) is 14.3. The van der Waals surface area contributed by atoms with E-state index < -0.39 is 0 Å². The van der Waals surface area contributed by atoms with E-state index in [1.165, 1.54) is 62.0 Å². The molecular weight excluding hydrogens is 975 g/mol. The number of halogens is 2. The lowest BCUT2D eigenvalue weighted by Gasteiger charge is -2.32. The topological polar surface area (TPSA) is 24.9 Å². The first-order valence-corrected chi connectivity index (χ1v) is 29.0. The molecule has 6 aromatic carbocycles. The van der Waals surface area contributed by atoms with E-state index in [9.17, 15) is 8.78 Å². The van der Waals surface area contributed by atoms with Gasteiger partial charge in [0, 0.05) is 27.7 Å². The Morgan fingerprint density at radius 3 is 2.06 bits per heavy atom. The molecule has 1 aliphatic carbocycles. The van der Waals surface area contributed by atoms with Gasteiger partial charge in [0.2, 0.25) is 0 Å². The summed E-state index contributed by atoms with van der Waals surface area (Å²) in [6.45, 7) is 33.7. The number of allylic oxidation sites excluding steroid dienone is 15. The highest BCUT2D eigenvalue weighted by Gasteiger charge is 2.27. The average molecular weight is 1060 g/mol. The summed E-state index contributed by atoms with van der Waals surface area (Å²) < 4.78 is 43.6. The molecular formula is C73H86F2N2O2. The van der Waals surface area contributed by atoms with Crippen molar-refractivity contribution in [2.24, 2.45) is 11.8 Å². The standard InChI is InChI=1S/C67H70F2N2O2.2C2H6.C2H4/c1-8-11-23-51(10-3)55-25-16-19-45(4)58-26-17-27-63(67(58)73-44-55)71(57-36-34-56(69)35-37-57)62-41-33-53-30-38-59-61(40-32-52-31-39-60(62)65(53)64(52)59)70(47(6)29-28-46(5)68)48(7)66-54(18-9-2)24-15-14-22-50(43-72-66)42-49-20-12-13-21-49;3*1-2/h9,14-19,22,25-41,49,51H,2,4,8,10-13,20-21,23-24,42-44H2,1,3,5-7H3;2*1-2H3;1-2H2/b15-14-,19-16-,46-28+,47-29+,50-22-,54-18-,55-25+,66-48-;;;. The van der Waals surface area contributed by atoms with E-state index in [-0.39, 0.29) is 11.6 Å². The summed E-state index contributed by atoms with van der Waals surface area (Å²) in [5.74, 6) is 1.99. The monoisotopic (exact) mass is 1060 g/mol. The maximum absolute atomic E-state index is 14.9. The molecule has 0 spiro atoms. The maximum atomic E-state index is 14.9. The second-order valence-corrected chi connectivity index (χ2v) is 20.1. The van der Waals surface area contributed by atoms with Gasteiger partial charge in [0.25, 0.3) is 0 Å². The Hall–Kier alpha value is -7.44. The van der Waals surface area contributed by atoms with Crippen molar-refractivity contribution in [3.05, 3.63) is 229 Å². The van der Waals surface area contributed by atoms with Crippen LogP contribution in [0.15, 0.2) is 218 Å². The van der Waals surface area contributed by atoms with Crippen molar-refractivity contribution < 1.29 is 18.3 Å². The number of fused-ring (bicyclic) bond motifs is 1. The smallest absolute Gasteiger partial charge is 0.151 e. The van der Waals surface area contributed by atoms with Crippen LogP contribution >= 0.6 is 0 Å². The fourth-order valence-electron chi connectivity index (χ4n) is 11.4. The van der Waals surface area contributed by atoms with E-state index >= 15 is 0 Å². The Morgan fingerprint density at radius 2 is 1.42 bits per heavy atom. The van der Waals surface area contributed by atoms with Crippen molar-refractivity contribution in [3.8, 4) is 5.75 Å². The molecule has 3 aliphatic rings. The molecule has 79 heavy (non-hydrogen) atoms. The van der Waals surface area contributed by atoms with E-state index in [2.05, 4.69) is 160 Å². The van der Waals surface area contributed by atoms with Crippen molar-refractivity contribution in [3.63, 3.8) is 0 Å². The molecule has 0 radical (unpaired) electrons. The van der Waals surface area contributed by atoms with Crippen LogP contribution in [-0.4, -0.2) is 13.2 Å². The van der Waals surface area contributed by atoms with Gasteiger partial charge in [-0.25, -0.2) is 8.78 Å². The van der Waals surface area contributed by atoms with Crippen molar-refractivity contribution >= 4 is 60.6 Å². The lowest BCUT2D eigenvalue weighted by Crippen LogP contribution is -2.22. The molecule has 1 unspecified atom stereocenters. The second-order valence-electron chi connectivity index (χ2n) is 20.1. The van der Waals surface area contributed by atoms with E-state index in [4.69, 9.17) is 9.47 Å². The van der Waals surface area contributed by atoms with Crippen LogP contribution < -0.4 is 14.5 Å². The molecule has 1 atom stereocenters. The van der Waals surface area contributed by atoms with Crippen molar-refractivity contribution in [1.82, 2.24) is 0 Å². The second kappa shape index (κ2) is 30.1. The lowest BCUT2D eigenvalue weighted by atomic mass is 9.91. The van der Waals surface area contributed by atoms with Crippen molar-refractivity contribution in [1.29, 1.82) is 0 Å². The number of nitrogens with zero attached hydrogens (tertiary/aromatic N) is 2. The SMILES string of the molecule is C=C.C=C/C=C1/C/C=C\C=C(\CC2CCCC2)CO/C1=C(/C)N(/C(C)=C/C=C(\C)F)c1ccc2ccc3c(N(c4ccc(F)cc4)c4cccc5c4OC/C(C(CC)CCCC)=C\C=C/C5=C)ccc4ccc1c2c43.CC.CC. The number of unbranched alkanes of at least 4 members (excludes halogenated alkanes) is 1. The summed E-state index contributed by atoms with van der Waals surface area (Å²) in [6.07, 6.45) is 31.5. The minimum Gasteiger partial charge on any atom is -0.487 e. The fraction of sp³-hybridized carbons (Fsp3) is 0.315. The van der Waals surface area contributed by atoms with Crippen molar-refractivity contribution in [2.45, 2.75) is 127 Å². The highest BCUT2D eigenvalue weighted by molar-refractivity contribution is 6.28. The molecule has 0 aromatic heterocycles. The van der Waals surface area contributed by atoms with E-state index in [1.807, 2.05) is 65.0 Å². The van der Waals surface area contributed by atoms with Crippen LogP contribution in [-0.2, 0) is 4.74 Å². The summed E-state index contributed by atoms with van der Waals surface area (Å²) in [6, 6.07) is 30.5. The highest BCUT2D eigenvalue weighted by Crippen LogP contribution is 2.50. The van der Waals surface area contributed by atoms with Crippen LogP contribution in [0.4, 0.5) is 31.5 Å². The molecule has 0 N–H and O–H groups in total. The Labute approximate surface area is 472 Å². The van der Waals surface area contributed by atoms with Gasteiger partial charge in [0.05, 0.1) is 28.6 Å². The van der Waals surface area contributed by atoms with Crippen LogP contribution in [0.5, 0.6) is 5.75 Å². The Morgan fingerprint density at radius 1 is 0.759 bits per heavy atom. The highest BCUT2D eigenvalue weighted by atomic mass is 19.1. The van der Waals surface area contributed by atoms with Gasteiger partial charge >= 0.3 is 0 Å². The number of benzene rings is 6. The average Bonchev–Trinajstić information content (AvgIpc) is 4.15. The van der Waals surface area contributed by atoms with Gasteiger partial charge in [-0.15, -0.1) is 13.2 Å². The van der Waals surface area contributed by atoms with Gasteiger partial charge in [-0.1, -0.05) is 190 Å². The Kier molecular flexibility index (Phi) is 23.1. The number of hydrogen-bond acceptors (Lipinski definition) is 4. The van der Waals surface area contributed by atoms with Gasteiger partial charge in [0.15, 0.2) is 5.75 Å². The van der Waals surface area contributed by atoms with Gasteiger partial charge in [0.1, 0.15) is 24.8 Å². The molecule has 6 aromatic rings. The molecule has 2 heterocycles. The molecule has 2 aliphatic heterocycles. The molecule has 1 fully saturated rings. The maximum Gasteiger partial charge on any atom is 0.151 e. The summed E-state index contributed by atoms with van der Waals surface area (Å²) in [5.41, 5.74) is 10.5. The molecule has 1 saturated carbocycles. The zero-order valence-electron chi connectivity index (χ0n) is 48.9. The summed E-state index contributed by atoms with van der Waals surface area (Å²) in [7, 11) is 0. The largest absolute Gasteiger partial charge is 0.487 e. The molecule has 9 rings (SSSR count). The van der Waals surface area contributed by atoms with Crippen LogP contribution in [0.2, 0.25) is 0 Å². The molecule has 6 heteroatoms. The van der Waals surface area contributed by atoms with Crippen molar-refractivity contribution in [2.75, 3.05) is 23.0 Å². The summed E-state index contributed by atoms with van der Waals surface area (Å²) >= 11 is 0.